The van der Waals surface area contributed by atoms with E-state index in [1.165, 1.54) is 5.56 Å². The van der Waals surface area contributed by atoms with Crippen LogP contribution in [0.15, 0.2) is 41.4 Å². The number of halogens is 1. The van der Waals surface area contributed by atoms with E-state index < -0.39 is 0 Å². The van der Waals surface area contributed by atoms with Crippen molar-refractivity contribution < 1.29 is 0 Å². The van der Waals surface area contributed by atoms with Gasteiger partial charge in [0.1, 0.15) is 0 Å². The lowest BCUT2D eigenvalue weighted by Gasteiger charge is -2.14. The summed E-state index contributed by atoms with van der Waals surface area (Å²) in [4.78, 5) is 4.44. The average molecular weight is 278 g/mol. The molecule has 0 bridgehead atoms. The van der Waals surface area contributed by atoms with E-state index in [0.29, 0.717) is 12.5 Å². The lowest BCUT2D eigenvalue weighted by Crippen LogP contribution is -2.33. The van der Waals surface area contributed by atoms with Crippen LogP contribution >= 0.6 is 11.6 Å². The maximum absolute atomic E-state index is 5.91. The van der Waals surface area contributed by atoms with Crippen LogP contribution in [0.2, 0.25) is 5.02 Å². The average Bonchev–Trinajstić information content (AvgIpc) is 3.16. The summed E-state index contributed by atoms with van der Waals surface area (Å²) in [6.07, 6.45) is 2.32. The first-order valence-corrected chi connectivity index (χ1v) is 6.84. The predicted octanol–water partition coefficient (Wildman–Crippen LogP) is 2.85. The van der Waals surface area contributed by atoms with Crippen LogP contribution in [0.25, 0.3) is 0 Å². The summed E-state index contributed by atoms with van der Waals surface area (Å²) in [5.74, 6) is 0.489. The number of guanidine groups is 1. The zero-order valence-electron chi connectivity index (χ0n) is 11.2. The van der Waals surface area contributed by atoms with Crippen LogP contribution < -0.4 is 11.1 Å². The van der Waals surface area contributed by atoms with Gasteiger partial charge in [0.2, 0.25) is 0 Å². The maximum Gasteiger partial charge on any atom is 0.188 e. The van der Waals surface area contributed by atoms with Gasteiger partial charge in [0.25, 0.3) is 0 Å². The van der Waals surface area contributed by atoms with E-state index in [1.54, 1.807) is 0 Å². The molecule has 3 nitrogen and oxygen atoms in total. The molecule has 0 unspecified atom stereocenters. The fraction of sp³-hybridized carbons (Fsp3) is 0.400. The highest BCUT2D eigenvalue weighted by Crippen LogP contribution is 2.48. The highest BCUT2D eigenvalue weighted by atomic mass is 35.5. The highest BCUT2D eigenvalue weighted by molar-refractivity contribution is 6.30. The highest BCUT2D eigenvalue weighted by Gasteiger charge is 2.44. The molecule has 1 saturated carbocycles. The molecule has 102 valence electrons. The smallest absolute Gasteiger partial charge is 0.188 e. The molecule has 0 atom stereocenters. The molecule has 1 aromatic rings. The van der Waals surface area contributed by atoms with Gasteiger partial charge in [-0.05, 0) is 37.5 Å². The molecule has 1 fully saturated rings. The molecule has 0 aromatic heterocycles. The topological polar surface area (TPSA) is 50.4 Å². The predicted molar refractivity (Wildman–Crippen MR) is 81.7 cm³/mol. The first kappa shape index (κ1) is 13.9. The molecule has 0 heterocycles. The molecule has 3 N–H and O–H groups in total. The molecule has 0 aliphatic heterocycles. The normalized spacial score (nSPS) is 17.1. The second-order valence-corrected chi connectivity index (χ2v) is 5.74. The molecule has 2 rings (SSSR count). The number of hydrogen-bond donors (Lipinski definition) is 2. The molecular formula is C15H20ClN3. The third-order valence-electron chi connectivity index (χ3n) is 3.43. The van der Waals surface area contributed by atoms with E-state index in [0.717, 1.165) is 30.0 Å². The van der Waals surface area contributed by atoms with Gasteiger partial charge in [-0.15, -0.1) is 0 Å². The van der Waals surface area contributed by atoms with E-state index in [1.807, 2.05) is 19.1 Å². The molecule has 1 aromatic carbocycles. The van der Waals surface area contributed by atoms with Crippen molar-refractivity contribution in [1.82, 2.24) is 5.32 Å². The third-order valence-corrected chi connectivity index (χ3v) is 3.69. The van der Waals surface area contributed by atoms with Gasteiger partial charge < -0.3 is 11.1 Å². The number of hydrogen-bond acceptors (Lipinski definition) is 1. The minimum Gasteiger partial charge on any atom is -0.370 e. The summed E-state index contributed by atoms with van der Waals surface area (Å²) < 4.78 is 0. The Kier molecular flexibility index (Phi) is 4.15. The molecule has 1 aliphatic carbocycles. The molecule has 0 radical (unpaired) electrons. The number of benzene rings is 1. The fourth-order valence-electron chi connectivity index (χ4n) is 2.03. The van der Waals surface area contributed by atoms with Crippen LogP contribution in [0, 0.1) is 0 Å². The minimum absolute atomic E-state index is 0.167. The SMILES string of the molecule is C=C(C)CNC(N)=NCC1(c2ccc(Cl)cc2)CC1. The Balaban J connectivity index is 1.96. The molecular weight excluding hydrogens is 258 g/mol. The Morgan fingerprint density at radius 1 is 1.42 bits per heavy atom. The van der Waals surface area contributed by atoms with Crippen molar-refractivity contribution in [3.63, 3.8) is 0 Å². The van der Waals surface area contributed by atoms with E-state index in [2.05, 4.69) is 29.0 Å². The molecule has 0 spiro atoms. The van der Waals surface area contributed by atoms with Crippen LogP contribution in [0.3, 0.4) is 0 Å². The molecule has 4 heteroatoms. The lowest BCUT2D eigenvalue weighted by molar-refractivity contribution is 0.701. The van der Waals surface area contributed by atoms with Crippen molar-refractivity contribution in [2.24, 2.45) is 10.7 Å². The van der Waals surface area contributed by atoms with Crippen molar-refractivity contribution in [2.45, 2.75) is 25.2 Å². The van der Waals surface area contributed by atoms with Crippen LogP contribution in [-0.4, -0.2) is 19.0 Å². The standard InChI is InChI=1S/C15H20ClN3/c1-11(2)9-18-14(17)19-10-15(7-8-15)12-3-5-13(16)6-4-12/h3-6H,1,7-10H2,2H3,(H3,17,18,19). The summed E-state index contributed by atoms with van der Waals surface area (Å²) in [7, 11) is 0. The summed E-state index contributed by atoms with van der Waals surface area (Å²) >= 11 is 5.91. The van der Waals surface area contributed by atoms with Crippen molar-refractivity contribution in [3.8, 4) is 0 Å². The summed E-state index contributed by atoms with van der Waals surface area (Å²) in [6.45, 7) is 7.17. The molecule has 19 heavy (non-hydrogen) atoms. The first-order chi connectivity index (χ1) is 9.02. The van der Waals surface area contributed by atoms with Gasteiger partial charge >= 0.3 is 0 Å². The largest absolute Gasteiger partial charge is 0.370 e. The molecule has 1 aliphatic rings. The van der Waals surface area contributed by atoms with E-state index in [-0.39, 0.29) is 5.41 Å². The number of nitrogens with two attached hydrogens (primary N) is 1. The molecule has 0 amide bonds. The summed E-state index contributed by atoms with van der Waals surface area (Å²) in [5.41, 5.74) is 8.34. The van der Waals surface area contributed by atoms with Gasteiger partial charge in [0.15, 0.2) is 5.96 Å². The van der Waals surface area contributed by atoms with Crippen LogP contribution in [0.1, 0.15) is 25.3 Å². The van der Waals surface area contributed by atoms with Crippen molar-refractivity contribution in [2.75, 3.05) is 13.1 Å². The zero-order valence-corrected chi connectivity index (χ0v) is 12.0. The number of rotatable bonds is 5. The van der Waals surface area contributed by atoms with Gasteiger partial charge in [-0.2, -0.15) is 0 Å². The molecule has 0 saturated heterocycles. The van der Waals surface area contributed by atoms with E-state index in [4.69, 9.17) is 17.3 Å². The Labute approximate surface area is 119 Å². The van der Waals surface area contributed by atoms with Gasteiger partial charge in [-0.3, -0.25) is 4.99 Å². The first-order valence-electron chi connectivity index (χ1n) is 6.46. The minimum atomic E-state index is 0.167. The van der Waals surface area contributed by atoms with Crippen molar-refractivity contribution in [1.29, 1.82) is 0 Å². The number of aliphatic imine (C=N–C) groups is 1. The summed E-state index contributed by atoms with van der Waals surface area (Å²) in [5, 5.41) is 3.82. The van der Waals surface area contributed by atoms with Crippen LogP contribution in [0.4, 0.5) is 0 Å². The number of nitrogens with zero attached hydrogens (tertiary/aromatic N) is 1. The van der Waals surface area contributed by atoms with E-state index in [9.17, 15) is 0 Å². The van der Waals surface area contributed by atoms with Crippen LogP contribution in [-0.2, 0) is 5.41 Å². The quantitative estimate of drug-likeness (QED) is 0.494. The third kappa shape index (κ3) is 3.74. The van der Waals surface area contributed by atoms with Gasteiger partial charge in [-0.1, -0.05) is 35.9 Å². The summed E-state index contributed by atoms with van der Waals surface area (Å²) in [6, 6.07) is 8.04. The number of nitrogens with one attached hydrogen (secondary N) is 1. The van der Waals surface area contributed by atoms with Gasteiger partial charge in [0, 0.05) is 17.0 Å². The maximum atomic E-state index is 5.91. The van der Waals surface area contributed by atoms with Crippen LogP contribution in [0.5, 0.6) is 0 Å². The Bertz CT molecular complexity index is 487. The Morgan fingerprint density at radius 3 is 2.58 bits per heavy atom. The van der Waals surface area contributed by atoms with Crippen molar-refractivity contribution >= 4 is 17.6 Å². The monoisotopic (exact) mass is 277 g/mol. The van der Waals surface area contributed by atoms with Gasteiger partial charge in [-0.25, -0.2) is 0 Å². The van der Waals surface area contributed by atoms with Gasteiger partial charge in [0.05, 0.1) is 6.54 Å². The lowest BCUT2D eigenvalue weighted by atomic mass is 9.96. The zero-order chi connectivity index (χ0) is 13.9. The Hall–Kier alpha value is -1.48. The second-order valence-electron chi connectivity index (χ2n) is 5.30. The second kappa shape index (κ2) is 5.66. The fourth-order valence-corrected chi connectivity index (χ4v) is 2.15. The van der Waals surface area contributed by atoms with Crippen molar-refractivity contribution in [3.05, 3.63) is 47.0 Å². The Morgan fingerprint density at radius 2 is 2.05 bits per heavy atom. The van der Waals surface area contributed by atoms with E-state index >= 15 is 0 Å².